The van der Waals surface area contributed by atoms with E-state index in [2.05, 4.69) is 10.1 Å². The highest BCUT2D eigenvalue weighted by Gasteiger charge is 2.54. The molecule has 1 atom stereocenters. The van der Waals surface area contributed by atoms with Gasteiger partial charge in [-0.1, -0.05) is 30.3 Å². The van der Waals surface area contributed by atoms with E-state index >= 15 is 0 Å². The standard InChI is InChI=1S/C16H19NO6/c1-20-13-11(15(19)21-2)14(18)17-12(16(13,22-3)23-4)10-8-6-5-7-9-10/h5-9,12H,1-4H3,(H,17,18). The van der Waals surface area contributed by atoms with E-state index in [9.17, 15) is 9.59 Å². The van der Waals surface area contributed by atoms with Gasteiger partial charge in [-0.15, -0.1) is 0 Å². The van der Waals surface area contributed by atoms with E-state index in [1.54, 1.807) is 0 Å². The molecule has 124 valence electrons. The number of ether oxygens (including phenoxy) is 4. The Morgan fingerprint density at radius 2 is 1.70 bits per heavy atom. The zero-order chi connectivity index (χ0) is 17.0. The lowest BCUT2D eigenvalue weighted by molar-refractivity contribution is -0.225. The molecular formula is C16H19NO6. The van der Waals surface area contributed by atoms with Gasteiger partial charge in [0.2, 0.25) is 0 Å². The summed E-state index contributed by atoms with van der Waals surface area (Å²) in [5.74, 6) is -2.98. The van der Waals surface area contributed by atoms with E-state index < -0.39 is 23.7 Å². The fourth-order valence-corrected chi connectivity index (χ4v) is 2.69. The van der Waals surface area contributed by atoms with Crippen LogP contribution in [-0.2, 0) is 28.5 Å². The maximum atomic E-state index is 12.4. The molecule has 7 heteroatoms. The van der Waals surface area contributed by atoms with Crippen molar-refractivity contribution in [3.63, 3.8) is 0 Å². The van der Waals surface area contributed by atoms with Crippen LogP contribution >= 0.6 is 0 Å². The van der Waals surface area contributed by atoms with Gasteiger partial charge in [-0.05, 0) is 5.56 Å². The van der Waals surface area contributed by atoms with Crippen LogP contribution in [0.1, 0.15) is 11.6 Å². The predicted molar refractivity (Wildman–Crippen MR) is 80.1 cm³/mol. The minimum absolute atomic E-state index is 0.0352. The van der Waals surface area contributed by atoms with Gasteiger partial charge in [-0.2, -0.15) is 0 Å². The summed E-state index contributed by atoms with van der Waals surface area (Å²) in [4.78, 5) is 24.4. The third-order valence-electron chi connectivity index (χ3n) is 3.76. The van der Waals surface area contributed by atoms with Crippen molar-refractivity contribution in [3.8, 4) is 0 Å². The summed E-state index contributed by atoms with van der Waals surface area (Å²) in [5, 5.41) is 2.73. The number of hydrogen-bond acceptors (Lipinski definition) is 6. The molecule has 0 spiro atoms. The van der Waals surface area contributed by atoms with Gasteiger partial charge in [-0.25, -0.2) is 4.79 Å². The summed E-state index contributed by atoms with van der Waals surface area (Å²) < 4.78 is 21.1. The molecule has 1 unspecified atom stereocenters. The second-order valence-electron chi connectivity index (χ2n) is 4.79. The van der Waals surface area contributed by atoms with Crippen LogP contribution in [0, 0.1) is 0 Å². The number of amides is 1. The smallest absolute Gasteiger partial charge is 0.347 e. The highest BCUT2D eigenvalue weighted by Crippen LogP contribution is 2.41. The number of benzene rings is 1. The van der Waals surface area contributed by atoms with Gasteiger partial charge in [0, 0.05) is 14.2 Å². The zero-order valence-electron chi connectivity index (χ0n) is 13.4. The number of methoxy groups -OCH3 is 4. The van der Waals surface area contributed by atoms with E-state index in [1.807, 2.05) is 30.3 Å². The summed E-state index contributed by atoms with van der Waals surface area (Å²) in [5.41, 5.74) is 0.453. The molecule has 0 bridgehead atoms. The summed E-state index contributed by atoms with van der Waals surface area (Å²) in [6.07, 6.45) is 0. The van der Waals surface area contributed by atoms with E-state index in [0.29, 0.717) is 0 Å². The van der Waals surface area contributed by atoms with Crippen LogP contribution < -0.4 is 5.32 Å². The third-order valence-corrected chi connectivity index (χ3v) is 3.76. The Morgan fingerprint density at radius 3 is 2.17 bits per heavy atom. The van der Waals surface area contributed by atoms with Crippen molar-refractivity contribution < 1.29 is 28.5 Å². The van der Waals surface area contributed by atoms with Crippen molar-refractivity contribution in [2.75, 3.05) is 28.4 Å². The van der Waals surface area contributed by atoms with Gasteiger partial charge in [0.15, 0.2) is 11.3 Å². The fourth-order valence-electron chi connectivity index (χ4n) is 2.69. The molecule has 0 radical (unpaired) electrons. The Balaban J connectivity index is 2.68. The molecular weight excluding hydrogens is 302 g/mol. The number of nitrogens with one attached hydrogen (secondary N) is 1. The predicted octanol–water partition coefficient (Wildman–Crippen LogP) is 0.920. The average molecular weight is 321 g/mol. The topological polar surface area (TPSA) is 83.1 Å². The molecule has 0 saturated heterocycles. The first kappa shape index (κ1) is 17.0. The van der Waals surface area contributed by atoms with Gasteiger partial charge in [0.05, 0.1) is 14.2 Å². The first-order chi connectivity index (χ1) is 11.1. The first-order valence-electron chi connectivity index (χ1n) is 6.88. The van der Waals surface area contributed by atoms with Crippen molar-refractivity contribution in [2.45, 2.75) is 11.8 Å². The summed E-state index contributed by atoms with van der Waals surface area (Å²) in [7, 11) is 5.34. The van der Waals surface area contributed by atoms with E-state index in [-0.39, 0.29) is 11.3 Å². The summed E-state index contributed by atoms with van der Waals surface area (Å²) in [6, 6.07) is 8.42. The summed E-state index contributed by atoms with van der Waals surface area (Å²) in [6.45, 7) is 0. The molecule has 0 fully saturated rings. The molecule has 7 nitrogen and oxygen atoms in total. The van der Waals surface area contributed by atoms with Crippen LogP contribution in [0.15, 0.2) is 41.7 Å². The first-order valence-corrected chi connectivity index (χ1v) is 6.88. The van der Waals surface area contributed by atoms with Gasteiger partial charge in [-0.3, -0.25) is 4.79 Å². The van der Waals surface area contributed by atoms with Gasteiger partial charge < -0.3 is 24.3 Å². The van der Waals surface area contributed by atoms with Crippen molar-refractivity contribution >= 4 is 11.9 Å². The zero-order valence-corrected chi connectivity index (χ0v) is 13.4. The van der Waals surface area contributed by atoms with Crippen LogP contribution in [0.25, 0.3) is 0 Å². The Bertz CT molecular complexity index is 621. The molecule has 1 aromatic rings. The average Bonchev–Trinajstić information content (AvgIpc) is 2.60. The van der Waals surface area contributed by atoms with Crippen LogP contribution in [0.2, 0.25) is 0 Å². The second-order valence-corrected chi connectivity index (χ2v) is 4.79. The third kappa shape index (κ3) is 2.69. The molecule has 1 heterocycles. The van der Waals surface area contributed by atoms with Crippen LogP contribution in [0.5, 0.6) is 0 Å². The number of esters is 1. The van der Waals surface area contributed by atoms with E-state index in [0.717, 1.165) is 5.56 Å². The number of carbonyl (C=O) groups excluding carboxylic acids is 2. The SMILES string of the molecule is COC(=O)C1=C(OC)C(OC)(OC)C(c2ccccc2)NC1=O. The maximum absolute atomic E-state index is 12.4. The lowest BCUT2D eigenvalue weighted by Gasteiger charge is -2.42. The lowest BCUT2D eigenvalue weighted by Crippen LogP contribution is -2.56. The van der Waals surface area contributed by atoms with Gasteiger partial charge in [0.25, 0.3) is 11.7 Å². The number of carbonyl (C=O) groups is 2. The molecule has 0 aromatic heterocycles. The minimum atomic E-state index is -1.49. The van der Waals surface area contributed by atoms with Crippen LogP contribution in [0.3, 0.4) is 0 Å². The maximum Gasteiger partial charge on any atom is 0.347 e. The molecule has 1 amide bonds. The monoisotopic (exact) mass is 321 g/mol. The molecule has 0 aliphatic carbocycles. The van der Waals surface area contributed by atoms with E-state index in [4.69, 9.17) is 14.2 Å². The number of hydrogen-bond donors (Lipinski definition) is 1. The number of rotatable bonds is 5. The van der Waals surface area contributed by atoms with Crippen LogP contribution in [0.4, 0.5) is 0 Å². The van der Waals surface area contributed by atoms with E-state index in [1.165, 1.54) is 28.4 Å². The molecule has 23 heavy (non-hydrogen) atoms. The molecule has 2 rings (SSSR count). The fraction of sp³-hybridized carbons (Fsp3) is 0.375. The molecule has 1 N–H and O–H groups in total. The molecule has 0 saturated carbocycles. The van der Waals surface area contributed by atoms with Crippen molar-refractivity contribution in [1.29, 1.82) is 0 Å². The van der Waals surface area contributed by atoms with Crippen molar-refractivity contribution in [3.05, 3.63) is 47.2 Å². The molecule has 1 aliphatic rings. The Hall–Kier alpha value is -2.38. The Labute approximate surface area is 134 Å². The van der Waals surface area contributed by atoms with Gasteiger partial charge in [0.1, 0.15) is 6.04 Å². The largest absolute Gasteiger partial charge is 0.494 e. The van der Waals surface area contributed by atoms with Crippen molar-refractivity contribution in [2.24, 2.45) is 0 Å². The summed E-state index contributed by atoms with van der Waals surface area (Å²) >= 11 is 0. The Kier molecular flexibility index (Phi) is 5.02. The highest BCUT2D eigenvalue weighted by molar-refractivity contribution is 6.17. The molecule has 1 aromatic carbocycles. The van der Waals surface area contributed by atoms with Crippen LogP contribution in [-0.4, -0.2) is 46.1 Å². The lowest BCUT2D eigenvalue weighted by atomic mass is 9.90. The van der Waals surface area contributed by atoms with Gasteiger partial charge >= 0.3 is 5.97 Å². The highest BCUT2D eigenvalue weighted by atomic mass is 16.7. The molecule has 1 aliphatic heterocycles. The second kappa shape index (κ2) is 6.80. The normalized spacial score (nSPS) is 20.0. The quantitative estimate of drug-likeness (QED) is 0.493. The minimum Gasteiger partial charge on any atom is -0.494 e. The van der Waals surface area contributed by atoms with Crippen molar-refractivity contribution in [1.82, 2.24) is 5.32 Å². The Morgan fingerprint density at radius 1 is 1.09 bits per heavy atom.